The van der Waals surface area contributed by atoms with E-state index < -0.39 is 42.1 Å². The molecular weight excluding hydrogens is 412 g/mol. The van der Waals surface area contributed by atoms with Crippen LogP contribution in [0.2, 0.25) is 0 Å². The van der Waals surface area contributed by atoms with Crippen molar-refractivity contribution >= 4 is 17.7 Å². The summed E-state index contributed by atoms with van der Waals surface area (Å²) in [5.41, 5.74) is 1.20. The van der Waals surface area contributed by atoms with Gasteiger partial charge in [-0.15, -0.1) is 0 Å². The molecule has 7 heteroatoms. The predicted octanol–water partition coefficient (Wildman–Crippen LogP) is 3.83. The molecule has 32 heavy (non-hydrogen) atoms. The highest BCUT2D eigenvalue weighted by Crippen LogP contribution is 2.25. The van der Waals surface area contributed by atoms with E-state index in [-0.39, 0.29) is 5.92 Å². The van der Waals surface area contributed by atoms with E-state index in [1.165, 1.54) is 21.1 Å². The summed E-state index contributed by atoms with van der Waals surface area (Å²) in [4.78, 5) is 38.2. The molecule has 0 heterocycles. The maximum atomic E-state index is 12.9. The summed E-state index contributed by atoms with van der Waals surface area (Å²) in [5.74, 6) is -2.17. The minimum absolute atomic E-state index is 0.313. The minimum Gasteiger partial charge on any atom is -0.455 e. The molecule has 0 saturated carbocycles. The Hall–Kier alpha value is -3.03. The highest BCUT2D eigenvalue weighted by atomic mass is 16.6. The van der Waals surface area contributed by atoms with Crippen molar-refractivity contribution < 1.29 is 33.3 Å². The van der Waals surface area contributed by atoms with E-state index in [0.29, 0.717) is 11.1 Å². The Morgan fingerprint density at radius 2 is 1.09 bits per heavy atom. The molecule has 4 atom stereocenters. The average molecular weight is 443 g/mol. The third-order valence-corrected chi connectivity index (χ3v) is 4.96. The molecule has 0 aliphatic carbocycles. The van der Waals surface area contributed by atoms with E-state index in [9.17, 15) is 14.4 Å². The standard InChI is InChI=1S/C25H30O7/c1-16(2)20(31-24(27)22(29-4)18-12-8-6-9-13-18)21(17(3)26)32-25(28)23(30-5)19-14-10-7-11-15-19/h6-16,20-23H,1-5H3/t20-,21+,22-,23-/m0/s1. The predicted molar refractivity (Wildman–Crippen MR) is 118 cm³/mol. The summed E-state index contributed by atoms with van der Waals surface area (Å²) in [7, 11) is 2.78. The highest BCUT2D eigenvalue weighted by molar-refractivity contribution is 5.86. The Morgan fingerprint density at radius 3 is 1.44 bits per heavy atom. The molecule has 0 radical (unpaired) electrons. The van der Waals surface area contributed by atoms with Crippen molar-refractivity contribution in [2.45, 2.75) is 45.2 Å². The van der Waals surface area contributed by atoms with Gasteiger partial charge >= 0.3 is 11.9 Å². The summed E-state index contributed by atoms with van der Waals surface area (Å²) in [6, 6.07) is 17.7. The lowest BCUT2D eigenvalue weighted by atomic mass is 9.98. The summed E-state index contributed by atoms with van der Waals surface area (Å²) in [6.07, 6.45) is -4.28. The molecule has 0 aliphatic heterocycles. The van der Waals surface area contributed by atoms with Crippen molar-refractivity contribution in [1.29, 1.82) is 0 Å². The van der Waals surface area contributed by atoms with E-state index in [2.05, 4.69) is 0 Å². The lowest BCUT2D eigenvalue weighted by Crippen LogP contribution is -2.44. The number of ether oxygens (including phenoxy) is 4. The first-order chi connectivity index (χ1) is 15.3. The van der Waals surface area contributed by atoms with Gasteiger partial charge in [0.15, 0.2) is 24.1 Å². The minimum atomic E-state index is -1.29. The molecule has 0 N–H and O–H groups in total. The van der Waals surface area contributed by atoms with Gasteiger partial charge in [0.2, 0.25) is 0 Å². The molecule has 0 saturated heterocycles. The van der Waals surface area contributed by atoms with Crippen LogP contribution in [-0.4, -0.2) is 44.1 Å². The Labute approximate surface area is 188 Å². The van der Waals surface area contributed by atoms with Gasteiger partial charge in [0.1, 0.15) is 6.10 Å². The van der Waals surface area contributed by atoms with Crippen molar-refractivity contribution in [3.63, 3.8) is 0 Å². The molecule has 2 aromatic rings. The van der Waals surface area contributed by atoms with Crippen LogP contribution >= 0.6 is 0 Å². The van der Waals surface area contributed by atoms with Crippen molar-refractivity contribution in [1.82, 2.24) is 0 Å². The van der Waals surface area contributed by atoms with Gasteiger partial charge in [-0.3, -0.25) is 4.79 Å². The fraction of sp³-hybridized carbons (Fsp3) is 0.400. The second-order valence-corrected chi connectivity index (χ2v) is 7.67. The van der Waals surface area contributed by atoms with Crippen LogP contribution in [0.4, 0.5) is 0 Å². The van der Waals surface area contributed by atoms with Crippen LogP contribution in [-0.2, 0) is 33.3 Å². The molecule has 2 aromatic carbocycles. The SMILES string of the molecule is CO[C@H](C(=O)O[C@H](C(C)=O)[C@@H](OC(=O)[C@@H](OC)c1ccccc1)C(C)C)c1ccccc1. The van der Waals surface area contributed by atoms with Crippen LogP contribution in [0.15, 0.2) is 60.7 Å². The van der Waals surface area contributed by atoms with Crippen molar-refractivity contribution in [3.8, 4) is 0 Å². The maximum Gasteiger partial charge on any atom is 0.340 e. The number of carbonyl (C=O) groups is 3. The molecule has 0 aromatic heterocycles. The third-order valence-electron chi connectivity index (χ3n) is 4.96. The second-order valence-electron chi connectivity index (χ2n) is 7.67. The summed E-state index contributed by atoms with van der Waals surface area (Å²) < 4.78 is 21.8. The topological polar surface area (TPSA) is 88.1 Å². The van der Waals surface area contributed by atoms with Crippen LogP contribution in [0, 0.1) is 5.92 Å². The van der Waals surface area contributed by atoms with Gasteiger partial charge in [-0.2, -0.15) is 0 Å². The fourth-order valence-electron chi connectivity index (χ4n) is 3.30. The van der Waals surface area contributed by atoms with Gasteiger partial charge in [-0.1, -0.05) is 74.5 Å². The molecule has 172 valence electrons. The number of methoxy groups -OCH3 is 2. The zero-order valence-electron chi connectivity index (χ0n) is 19.0. The highest BCUT2D eigenvalue weighted by Gasteiger charge is 2.38. The lowest BCUT2D eigenvalue weighted by Gasteiger charge is -2.30. The zero-order valence-corrected chi connectivity index (χ0v) is 19.0. The Morgan fingerprint density at radius 1 is 0.688 bits per heavy atom. The summed E-state index contributed by atoms with van der Waals surface area (Å²) in [6.45, 7) is 4.84. The van der Waals surface area contributed by atoms with Crippen LogP contribution in [0.25, 0.3) is 0 Å². The Balaban J connectivity index is 2.23. The number of benzene rings is 2. The molecule has 0 unspecified atom stereocenters. The number of rotatable bonds is 11. The van der Waals surface area contributed by atoms with Crippen molar-refractivity contribution in [2.24, 2.45) is 5.92 Å². The first-order valence-corrected chi connectivity index (χ1v) is 10.4. The van der Waals surface area contributed by atoms with Gasteiger partial charge in [0, 0.05) is 14.2 Å². The third kappa shape index (κ3) is 6.48. The number of Topliss-reactive ketones (excluding diaryl/α,β-unsaturated/α-hetero) is 1. The Bertz CT molecular complexity index is 880. The van der Waals surface area contributed by atoms with E-state index in [0.717, 1.165) is 0 Å². The molecule has 2 rings (SSSR count). The Kier molecular flexibility index (Phi) is 9.56. The fourth-order valence-corrected chi connectivity index (χ4v) is 3.30. The molecule has 0 amide bonds. The number of ketones is 1. The van der Waals surface area contributed by atoms with Gasteiger partial charge in [0.05, 0.1) is 0 Å². The van der Waals surface area contributed by atoms with Crippen LogP contribution < -0.4 is 0 Å². The number of carbonyl (C=O) groups excluding carboxylic acids is 3. The lowest BCUT2D eigenvalue weighted by molar-refractivity contribution is -0.185. The first kappa shape index (κ1) is 25.2. The maximum absolute atomic E-state index is 12.9. The normalized spacial score (nSPS) is 14.8. The average Bonchev–Trinajstić information content (AvgIpc) is 2.78. The van der Waals surface area contributed by atoms with E-state index in [4.69, 9.17) is 18.9 Å². The number of esters is 2. The van der Waals surface area contributed by atoms with E-state index in [1.54, 1.807) is 62.4 Å². The molecule has 0 spiro atoms. The summed E-state index contributed by atoms with van der Waals surface area (Å²) in [5, 5.41) is 0. The zero-order chi connectivity index (χ0) is 23.7. The number of hydrogen-bond donors (Lipinski definition) is 0. The van der Waals surface area contributed by atoms with Gasteiger partial charge < -0.3 is 18.9 Å². The van der Waals surface area contributed by atoms with E-state index in [1.807, 2.05) is 12.1 Å². The second kappa shape index (κ2) is 12.1. The van der Waals surface area contributed by atoms with Crippen LogP contribution in [0.3, 0.4) is 0 Å². The van der Waals surface area contributed by atoms with Gasteiger partial charge in [-0.25, -0.2) is 9.59 Å². The van der Waals surface area contributed by atoms with Crippen LogP contribution in [0.1, 0.15) is 44.1 Å². The van der Waals surface area contributed by atoms with Crippen molar-refractivity contribution in [3.05, 3.63) is 71.8 Å². The molecule has 0 aliphatic rings. The quantitative estimate of drug-likeness (QED) is 0.489. The van der Waals surface area contributed by atoms with E-state index >= 15 is 0 Å². The largest absolute Gasteiger partial charge is 0.455 e. The van der Waals surface area contributed by atoms with Gasteiger partial charge in [-0.05, 0) is 24.0 Å². The van der Waals surface area contributed by atoms with Crippen LogP contribution in [0.5, 0.6) is 0 Å². The molecule has 0 bridgehead atoms. The molecule has 0 fully saturated rings. The smallest absolute Gasteiger partial charge is 0.340 e. The van der Waals surface area contributed by atoms with Crippen molar-refractivity contribution in [2.75, 3.05) is 14.2 Å². The van der Waals surface area contributed by atoms with Gasteiger partial charge in [0.25, 0.3) is 0 Å². The monoisotopic (exact) mass is 442 g/mol. The summed E-state index contributed by atoms with van der Waals surface area (Å²) >= 11 is 0. The number of hydrogen-bond acceptors (Lipinski definition) is 7. The first-order valence-electron chi connectivity index (χ1n) is 10.4. The molecule has 7 nitrogen and oxygen atoms in total. The molecular formula is C25H30O7.